The number of halogens is 1. The lowest BCUT2D eigenvalue weighted by Gasteiger charge is -2.37. The quantitative estimate of drug-likeness (QED) is 0.838. The van der Waals surface area contributed by atoms with E-state index >= 15 is 0 Å². The summed E-state index contributed by atoms with van der Waals surface area (Å²) < 4.78 is 5.34. The molecule has 0 amide bonds. The van der Waals surface area contributed by atoms with Crippen molar-refractivity contribution in [3.63, 3.8) is 0 Å². The molecule has 0 unspecified atom stereocenters. The van der Waals surface area contributed by atoms with E-state index in [1.165, 1.54) is 19.3 Å². The van der Waals surface area contributed by atoms with Crippen molar-refractivity contribution in [2.45, 2.75) is 37.6 Å². The fraction of sp³-hybridized carbons (Fsp3) is 0.471. The maximum atomic E-state index is 6.28. The minimum atomic E-state index is -0.0236. The summed E-state index contributed by atoms with van der Waals surface area (Å²) in [5, 5.41) is 5.89. The predicted molar refractivity (Wildman–Crippen MR) is 88.5 cm³/mol. The number of pyridine rings is 1. The highest BCUT2D eigenvalue weighted by atomic mass is 35.5. The highest BCUT2D eigenvalue weighted by Gasteiger charge is 2.31. The number of hydrogen-bond donors (Lipinski definition) is 1. The SMILES string of the molecule is COc1ccc2ccnc(NC3(CCl)CCCCC3)c2c1. The van der Waals surface area contributed by atoms with Gasteiger partial charge < -0.3 is 10.1 Å². The number of nitrogens with one attached hydrogen (secondary N) is 1. The molecule has 0 bridgehead atoms. The maximum absolute atomic E-state index is 6.28. The van der Waals surface area contributed by atoms with Gasteiger partial charge in [0.05, 0.1) is 12.6 Å². The van der Waals surface area contributed by atoms with Gasteiger partial charge in [0.25, 0.3) is 0 Å². The number of methoxy groups -OCH3 is 1. The third-order valence-electron chi connectivity index (χ3n) is 4.42. The number of nitrogens with zero attached hydrogens (tertiary/aromatic N) is 1. The molecule has 1 aromatic carbocycles. The van der Waals surface area contributed by atoms with Gasteiger partial charge in [-0.3, -0.25) is 0 Å². The monoisotopic (exact) mass is 304 g/mol. The summed E-state index contributed by atoms with van der Waals surface area (Å²) in [6, 6.07) is 8.10. The molecule has 21 heavy (non-hydrogen) atoms. The number of ether oxygens (including phenoxy) is 1. The fourth-order valence-corrected chi connectivity index (χ4v) is 3.48. The molecule has 1 fully saturated rings. The number of benzene rings is 1. The average molecular weight is 305 g/mol. The van der Waals surface area contributed by atoms with Crippen LogP contribution in [0.1, 0.15) is 32.1 Å². The zero-order chi connectivity index (χ0) is 14.7. The van der Waals surface area contributed by atoms with Crippen molar-refractivity contribution < 1.29 is 4.74 Å². The summed E-state index contributed by atoms with van der Waals surface area (Å²) in [7, 11) is 1.69. The Morgan fingerprint density at radius 3 is 2.76 bits per heavy atom. The molecule has 0 atom stereocenters. The Labute approximate surface area is 130 Å². The predicted octanol–water partition coefficient (Wildman–Crippen LogP) is 4.60. The number of hydrogen-bond acceptors (Lipinski definition) is 3. The first kappa shape index (κ1) is 14.5. The molecule has 1 N–H and O–H groups in total. The molecule has 3 nitrogen and oxygen atoms in total. The Morgan fingerprint density at radius 1 is 1.24 bits per heavy atom. The minimum Gasteiger partial charge on any atom is -0.497 e. The molecule has 0 radical (unpaired) electrons. The van der Waals surface area contributed by atoms with Crippen LogP contribution in [0.4, 0.5) is 5.82 Å². The molecule has 2 aromatic rings. The van der Waals surface area contributed by atoms with E-state index in [1.54, 1.807) is 7.11 Å². The van der Waals surface area contributed by atoms with Gasteiger partial charge in [-0.25, -0.2) is 4.98 Å². The van der Waals surface area contributed by atoms with Crippen LogP contribution in [-0.2, 0) is 0 Å². The van der Waals surface area contributed by atoms with E-state index in [9.17, 15) is 0 Å². The van der Waals surface area contributed by atoms with Crippen LogP contribution in [0.5, 0.6) is 5.75 Å². The molecule has 0 aliphatic heterocycles. The largest absolute Gasteiger partial charge is 0.497 e. The maximum Gasteiger partial charge on any atom is 0.134 e. The third kappa shape index (κ3) is 2.93. The highest BCUT2D eigenvalue weighted by Crippen LogP contribution is 2.35. The van der Waals surface area contributed by atoms with Crippen LogP contribution in [0.3, 0.4) is 0 Å². The van der Waals surface area contributed by atoms with Gasteiger partial charge in [0.1, 0.15) is 11.6 Å². The van der Waals surface area contributed by atoms with Gasteiger partial charge in [-0.15, -0.1) is 11.6 Å². The zero-order valence-corrected chi connectivity index (χ0v) is 13.1. The smallest absolute Gasteiger partial charge is 0.134 e. The van der Waals surface area contributed by atoms with E-state index in [-0.39, 0.29) is 5.54 Å². The van der Waals surface area contributed by atoms with Crippen LogP contribution < -0.4 is 10.1 Å². The number of alkyl halides is 1. The van der Waals surface area contributed by atoms with Gasteiger partial charge in [-0.2, -0.15) is 0 Å². The second-order valence-electron chi connectivity index (χ2n) is 5.85. The lowest BCUT2D eigenvalue weighted by Crippen LogP contribution is -2.42. The molecule has 1 saturated carbocycles. The van der Waals surface area contributed by atoms with Crippen LogP contribution in [0, 0.1) is 0 Å². The second-order valence-corrected chi connectivity index (χ2v) is 6.11. The second kappa shape index (κ2) is 6.10. The zero-order valence-electron chi connectivity index (χ0n) is 12.4. The van der Waals surface area contributed by atoms with Crippen LogP contribution in [0.25, 0.3) is 10.8 Å². The summed E-state index contributed by atoms with van der Waals surface area (Å²) in [6.07, 6.45) is 7.83. The van der Waals surface area contributed by atoms with Crippen LogP contribution in [0.2, 0.25) is 0 Å². The van der Waals surface area contributed by atoms with Crippen LogP contribution in [-0.4, -0.2) is 23.5 Å². The highest BCUT2D eigenvalue weighted by molar-refractivity contribution is 6.19. The van der Waals surface area contributed by atoms with Crippen molar-refractivity contribution >= 4 is 28.2 Å². The minimum absolute atomic E-state index is 0.0236. The van der Waals surface area contributed by atoms with Crippen molar-refractivity contribution in [3.8, 4) is 5.75 Å². The van der Waals surface area contributed by atoms with Crippen molar-refractivity contribution in [3.05, 3.63) is 30.5 Å². The van der Waals surface area contributed by atoms with E-state index in [1.807, 2.05) is 24.4 Å². The molecule has 1 aromatic heterocycles. The number of rotatable bonds is 4. The summed E-state index contributed by atoms with van der Waals surface area (Å²) in [5.41, 5.74) is -0.0236. The fourth-order valence-electron chi connectivity index (χ4n) is 3.15. The first-order valence-electron chi connectivity index (χ1n) is 7.53. The molecular formula is C17H21ClN2O. The first-order chi connectivity index (χ1) is 10.3. The van der Waals surface area contributed by atoms with Gasteiger partial charge in [0.15, 0.2) is 0 Å². The molecule has 4 heteroatoms. The lowest BCUT2D eigenvalue weighted by molar-refractivity contribution is 0.353. The van der Waals surface area contributed by atoms with E-state index in [0.717, 1.165) is 35.2 Å². The number of aromatic nitrogens is 1. The molecule has 0 saturated heterocycles. The van der Waals surface area contributed by atoms with Gasteiger partial charge in [0.2, 0.25) is 0 Å². The van der Waals surface area contributed by atoms with Gasteiger partial charge >= 0.3 is 0 Å². The molecule has 1 aliphatic rings. The van der Waals surface area contributed by atoms with Crippen molar-refractivity contribution in [2.75, 3.05) is 18.3 Å². The van der Waals surface area contributed by atoms with Crippen molar-refractivity contribution in [1.82, 2.24) is 4.98 Å². The van der Waals surface area contributed by atoms with Crippen LogP contribution >= 0.6 is 11.6 Å². The van der Waals surface area contributed by atoms with E-state index in [0.29, 0.717) is 5.88 Å². The molecular weight excluding hydrogens is 284 g/mol. The first-order valence-corrected chi connectivity index (χ1v) is 8.07. The van der Waals surface area contributed by atoms with Crippen molar-refractivity contribution in [1.29, 1.82) is 0 Å². The summed E-state index contributed by atoms with van der Waals surface area (Å²) in [4.78, 5) is 4.54. The molecule has 3 rings (SSSR count). The molecule has 0 spiro atoms. The molecule has 1 aliphatic carbocycles. The lowest BCUT2D eigenvalue weighted by atomic mass is 9.83. The van der Waals surface area contributed by atoms with E-state index in [2.05, 4.69) is 16.4 Å². The average Bonchev–Trinajstić information content (AvgIpc) is 2.55. The number of fused-ring (bicyclic) bond motifs is 1. The summed E-state index contributed by atoms with van der Waals surface area (Å²) in [5.74, 6) is 2.38. The summed E-state index contributed by atoms with van der Waals surface area (Å²) >= 11 is 6.28. The Kier molecular flexibility index (Phi) is 4.20. The molecule has 112 valence electrons. The molecule has 1 heterocycles. The van der Waals surface area contributed by atoms with Gasteiger partial charge in [-0.05, 0) is 36.4 Å². The van der Waals surface area contributed by atoms with E-state index < -0.39 is 0 Å². The number of anilines is 1. The Hall–Kier alpha value is -1.48. The Morgan fingerprint density at radius 2 is 2.05 bits per heavy atom. The Bertz CT molecular complexity index is 623. The van der Waals surface area contributed by atoms with E-state index in [4.69, 9.17) is 16.3 Å². The normalized spacial score (nSPS) is 17.6. The standard InChI is InChI=1S/C17H21ClN2O/c1-21-14-6-5-13-7-10-19-16(15(13)11-14)20-17(12-18)8-3-2-4-9-17/h5-7,10-11H,2-4,8-9,12H2,1H3,(H,19,20). The Balaban J connectivity index is 1.99. The van der Waals surface area contributed by atoms with Crippen molar-refractivity contribution in [2.24, 2.45) is 0 Å². The topological polar surface area (TPSA) is 34.1 Å². The van der Waals surface area contributed by atoms with Gasteiger partial charge in [-0.1, -0.05) is 25.3 Å². The summed E-state index contributed by atoms with van der Waals surface area (Å²) in [6.45, 7) is 0. The van der Waals surface area contributed by atoms with Crippen LogP contribution in [0.15, 0.2) is 30.5 Å². The third-order valence-corrected chi connectivity index (χ3v) is 4.93. The van der Waals surface area contributed by atoms with Gasteiger partial charge in [0, 0.05) is 17.5 Å².